The maximum absolute atomic E-state index is 12.4. The van der Waals surface area contributed by atoms with E-state index in [2.05, 4.69) is 0 Å². The van der Waals surface area contributed by atoms with Gasteiger partial charge < -0.3 is 14.6 Å². The van der Waals surface area contributed by atoms with Gasteiger partial charge in [0.25, 0.3) is 0 Å². The Kier molecular flexibility index (Phi) is 3.66. The van der Waals surface area contributed by atoms with Gasteiger partial charge in [-0.05, 0) is 38.3 Å². The number of hydrogen-bond donors (Lipinski definition) is 1. The molecular formula is C17H22O4. The van der Waals surface area contributed by atoms with Crippen LogP contribution in [0.5, 0.6) is 11.5 Å². The number of hydrogen-bond acceptors (Lipinski definition) is 4. The Morgan fingerprint density at radius 1 is 1.43 bits per heavy atom. The first kappa shape index (κ1) is 14.4. The Balaban J connectivity index is 1.90. The van der Waals surface area contributed by atoms with Crippen molar-refractivity contribution in [2.45, 2.75) is 57.7 Å². The van der Waals surface area contributed by atoms with E-state index in [0.717, 1.165) is 31.4 Å². The SMILES string of the molecule is CCCc1c(O)ccc2c1OC(C)(CCC1CO1)CC2=O. The molecule has 1 saturated heterocycles. The number of ether oxygens (including phenoxy) is 2. The van der Waals surface area contributed by atoms with Crippen LogP contribution in [0.25, 0.3) is 0 Å². The van der Waals surface area contributed by atoms with Gasteiger partial charge in [-0.25, -0.2) is 0 Å². The molecule has 1 aromatic rings. The van der Waals surface area contributed by atoms with E-state index in [1.807, 2.05) is 13.8 Å². The molecule has 0 bridgehead atoms. The van der Waals surface area contributed by atoms with Crippen LogP contribution in [0, 0.1) is 0 Å². The lowest BCUT2D eigenvalue weighted by Crippen LogP contribution is -2.39. The predicted octanol–water partition coefficient (Wildman–Crippen LogP) is 3.25. The van der Waals surface area contributed by atoms with E-state index in [0.29, 0.717) is 30.3 Å². The highest BCUT2D eigenvalue weighted by Crippen LogP contribution is 2.42. The number of aromatic hydroxyl groups is 1. The number of ketones is 1. The number of epoxide rings is 1. The van der Waals surface area contributed by atoms with Crippen molar-refractivity contribution >= 4 is 5.78 Å². The van der Waals surface area contributed by atoms with E-state index >= 15 is 0 Å². The lowest BCUT2D eigenvalue weighted by molar-refractivity contribution is 0.0434. The van der Waals surface area contributed by atoms with E-state index in [9.17, 15) is 9.90 Å². The van der Waals surface area contributed by atoms with Crippen molar-refractivity contribution in [2.24, 2.45) is 0 Å². The molecule has 0 radical (unpaired) electrons. The molecule has 2 atom stereocenters. The smallest absolute Gasteiger partial charge is 0.170 e. The van der Waals surface area contributed by atoms with E-state index < -0.39 is 5.60 Å². The van der Waals surface area contributed by atoms with Crippen LogP contribution in [0.15, 0.2) is 12.1 Å². The lowest BCUT2D eigenvalue weighted by atomic mass is 9.86. The van der Waals surface area contributed by atoms with Gasteiger partial charge in [-0.3, -0.25) is 4.79 Å². The summed E-state index contributed by atoms with van der Waals surface area (Å²) in [6.45, 7) is 4.85. The van der Waals surface area contributed by atoms with Crippen LogP contribution in [0.2, 0.25) is 0 Å². The molecule has 4 nitrogen and oxygen atoms in total. The molecule has 1 fully saturated rings. The van der Waals surface area contributed by atoms with Crippen molar-refractivity contribution in [2.75, 3.05) is 6.61 Å². The van der Waals surface area contributed by atoms with Gasteiger partial charge in [-0.2, -0.15) is 0 Å². The second-order valence-corrected chi connectivity index (χ2v) is 6.34. The van der Waals surface area contributed by atoms with Crippen LogP contribution >= 0.6 is 0 Å². The Morgan fingerprint density at radius 3 is 2.86 bits per heavy atom. The monoisotopic (exact) mass is 290 g/mol. The quantitative estimate of drug-likeness (QED) is 0.846. The Hall–Kier alpha value is -1.55. The minimum atomic E-state index is -0.494. The molecule has 2 unspecified atom stereocenters. The summed E-state index contributed by atoms with van der Waals surface area (Å²) in [6, 6.07) is 3.28. The zero-order valence-corrected chi connectivity index (χ0v) is 12.6. The fourth-order valence-electron chi connectivity index (χ4n) is 3.00. The van der Waals surface area contributed by atoms with Crippen LogP contribution in [0.3, 0.4) is 0 Å². The number of phenolic OH excluding ortho intramolecular Hbond substituents is 1. The van der Waals surface area contributed by atoms with Crippen LogP contribution in [0.4, 0.5) is 0 Å². The number of benzene rings is 1. The van der Waals surface area contributed by atoms with E-state index in [-0.39, 0.29) is 11.5 Å². The zero-order chi connectivity index (χ0) is 15.0. The van der Waals surface area contributed by atoms with Crippen molar-refractivity contribution in [1.82, 2.24) is 0 Å². The van der Waals surface area contributed by atoms with Gasteiger partial charge in [0.05, 0.1) is 24.7 Å². The summed E-state index contributed by atoms with van der Waals surface area (Å²) in [7, 11) is 0. The van der Waals surface area contributed by atoms with Gasteiger partial charge in [0.1, 0.15) is 17.1 Å². The topological polar surface area (TPSA) is 59.1 Å². The van der Waals surface area contributed by atoms with Crippen molar-refractivity contribution < 1.29 is 19.4 Å². The predicted molar refractivity (Wildman–Crippen MR) is 79.1 cm³/mol. The summed E-state index contributed by atoms with van der Waals surface area (Å²) in [4.78, 5) is 12.4. The third kappa shape index (κ3) is 2.91. The van der Waals surface area contributed by atoms with Crippen LogP contribution in [0.1, 0.15) is 55.5 Å². The summed E-state index contributed by atoms with van der Waals surface area (Å²) in [5, 5.41) is 10.1. The molecule has 2 aliphatic rings. The second kappa shape index (κ2) is 5.34. The summed E-state index contributed by atoms with van der Waals surface area (Å²) in [5.74, 6) is 0.915. The number of carbonyl (C=O) groups is 1. The fourth-order valence-corrected chi connectivity index (χ4v) is 3.00. The highest BCUT2D eigenvalue weighted by Gasteiger charge is 2.39. The van der Waals surface area contributed by atoms with E-state index in [4.69, 9.17) is 9.47 Å². The molecule has 1 aromatic carbocycles. The van der Waals surface area contributed by atoms with Gasteiger partial charge in [-0.15, -0.1) is 0 Å². The largest absolute Gasteiger partial charge is 0.508 e. The number of Topliss-reactive ketones (excluding diaryl/α,β-unsaturated/α-hetero) is 1. The van der Waals surface area contributed by atoms with E-state index in [1.54, 1.807) is 12.1 Å². The fraction of sp³-hybridized carbons (Fsp3) is 0.588. The molecule has 2 heterocycles. The van der Waals surface area contributed by atoms with Crippen molar-refractivity contribution in [3.8, 4) is 11.5 Å². The first-order valence-corrected chi connectivity index (χ1v) is 7.71. The van der Waals surface area contributed by atoms with Crippen molar-refractivity contribution in [3.05, 3.63) is 23.3 Å². The molecule has 0 aliphatic carbocycles. The molecule has 0 spiro atoms. The van der Waals surface area contributed by atoms with Crippen molar-refractivity contribution in [1.29, 1.82) is 0 Å². The number of rotatable bonds is 5. The summed E-state index contributed by atoms with van der Waals surface area (Å²) in [5.41, 5.74) is 0.875. The molecule has 0 saturated carbocycles. The number of phenols is 1. The molecule has 3 rings (SSSR count). The van der Waals surface area contributed by atoms with Crippen LogP contribution < -0.4 is 4.74 Å². The molecule has 0 aromatic heterocycles. The molecular weight excluding hydrogens is 268 g/mol. The summed E-state index contributed by atoms with van der Waals surface area (Å²) >= 11 is 0. The van der Waals surface area contributed by atoms with Gasteiger partial charge in [0.2, 0.25) is 0 Å². The number of fused-ring (bicyclic) bond motifs is 1. The molecule has 4 heteroatoms. The number of carbonyl (C=O) groups excluding carboxylic acids is 1. The van der Waals surface area contributed by atoms with Gasteiger partial charge >= 0.3 is 0 Å². The highest BCUT2D eigenvalue weighted by atomic mass is 16.6. The summed E-state index contributed by atoms with van der Waals surface area (Å²) in [6.07, 6.45) is 4.05. The van der Waals surface area contributed by atoms with Gasteiger partial charge in [-0.1, -0.05) is 13.3 Å². The molecule has 1 N–H and O–H groups in total. The molecule has 21 heavy (non-hydrogen) atoms. The normalized spacial score (nSPS) is 27.1. The highest BCUT2D eigenvalue weighted by molar-refractivity contribution is 6.01. The maximum atomic E-state index is 12.4. The average Bonchev–Trinajstić information content (AvgIpc) is 3.24. The molecule has 2 aliphatic heterocycles. The maximum Gasteiger partial charge on any atom is 0.170 e. The van der Waals surface area contributed by atoms with Crippen molar-refractivity contribution in [3.63, 3.8) is 0 Å². The first-order chi connectivity index (χ1) is 10.0. The Labute approximate surface area is 125 Å². The standard InChI is InChI=1S/C17H22O4/c1-3-4-12-14(18)6-5-13-15(19)9-17(2,21-16(12)13)8-7-11-10-20-11/h5-6,11,18H,3-4,7-10H2,1-2H3. The minimum absolute atomic E-state index is 0.104. The van der Waals surface area contributed by atoms with E-state index in [1.165, 1.54) is 0 Å². The minimum Gasteiger partial charge on any atom is -0.508 e. The third-order valence-corrected chi connectivity index (χ3v) is 4.32. The second-order valence-electron chi connectivity index (χ2n) is 6.34. The third-order valence-electron chi connectivity index (χ3n) is 4.32. The van der Waals surface area contributed by atoms with Gasteiger partial charge in [0.15, 0.2) is 5.78 Å². The van der Waals surface area contributed by atoms with Gasteiger partial charge in [0, 0.05) is 5.56 Å². The lowest BCUT2D eigenvalue weighted by Gasteiger charge is -2.36. The Bertz CT molecular complexity index is 562. The molecule has 114 valence electrons. The molecule has 0 amide bonds. The van der Waals surface area contributed by atoms with Crippen LogP contribution in [-0.2, 0) is 11.2 Å². The van der Waals surface area contributed by atoms with Crippen LogP contribution in [-0.4, -0.2) is 29.2 Å². The zero-order valence-electron chi connectivity index (χ0n) is 12.6. The Morgan fingerprint density at radius 2 is 2.19 bits per heavy atom. The summed E-state index contributed by atoms with van der Waals surface area (Å²) < 4.78 is 11.4. The first-order valence-electron chi connectivity index (χ1n) is 7.71. The average molecular weight is 290 g/mol.